The highest BCUT2D eigenvalue weighted by atomic mass is 15.0. The Balaban J connectivity index is 1.43. The first kappa shape index (κ1) is 23.8. The van der Waals surface area contributed by atoms with Crippen LogP contribution < -0.4 is 0 Å². The standard InChI is InChI=1S/C37H31N/c1-27-8-12-29(13-9-27)16-18-31-20-22-36-34(24-31)35-25-32(19-17-30-14-10-28(2)11-15-30)21-23-37(35)38(36)26-33-6-4-3-5-7-33/h3-25H,26H2,1-2H3/b18-16+,19-17+. The van der Waals surface area contributed by atoms with E-state index in [4.69, 9.17) is 0 Å². The Hall–Kier alpha value is -4.62. The molecule has 184 valence electrons. The van der Waals surface area contributed by atoms with E-state index in [9.17, 15) is 0 Å². The summed E-state index contributed by atoms with van der Waals surface area (Å²) in [5.41, 5.74) is 11.2. The second kappa shape index (κ2) is 10.4. The van der Waals surface area contributed by atoms with Gasteiger partial charge in [-0.1, -0.05) is 126 Å². The summed E-state index contributed by atoms with van der Waals surface area (Å²) < 4.78 is 2.45. The van der Waals surface area contributed by atoms with Gasteiger partial charge in [-0.15, -0.1) is 0 Å². The van der Waals surface area contributed by atoms with Crippen molar-refractivity contribution < 1.29 is 0 Å². The van der Waals surface area contributed by atoms with Crippen molar-refractivity contribution in [1.29, 1.82) is 0 Å². The van der Waals surface area contributed by atoms with Crippen LogP contribution in [0, 0.1) is 13.8 Å². The first-order valence-corrected chi connectivity index (χ1v) is 13.2. The molecule has 6 aromatic rings. The number of rotatable bonds is 6. The minimum absolute atomic E-state index is 0.845. The van der Waals surface area contributed by atoms with Crippen LogP contribution in [0.2, 0.25) is 0 Å². The lowest BCUT2D eigenvalue weighted by Crippen LogP contribution is -1.99. The number of hydrogen-bond acceptors (Lipinski definition) is 0. The molecule has 1 heterocycles. The number of nitrogens with zero attached hydrogens (tertiary/aromatic N) is 1. The van der Waals surface area contributed by atoms with Gasteiger partial charge in [0.25, 0.3) is 0 Å². The Bertz CT molecular complexity index is 1650. The third kappa shape index (κ3) is 5.10. The van der Waals surface area contributed by atoms with Crippen molar-refractivity contribution in [3.8, 4) is 0 Å². The van der Waals surface area contributed by atoms with E-state index in [2.05, 4.69) is 158 Å². The zero-order valence-electron chi connectivity index (χ0n) is 21.9. The molecule has 0 radical (unpaired) electrons. The zero-order chi connectivity index (χ0) is 25.9. The van der Waals surface area contributed by atoms with E-state index in [0.717, 1.165) is 6.54 Å². The van der Waals surface area contributed by atoms with Crippen LogP contribution in [-0.2, 0) is 6.54 Å². The average Bonchev–Trinajstić information content (AvgIpc) is 3.25. The molecule has 0 aliphatic heterocycles. The molecule has 1 nitrogen and oxygen atoms in total. The minimum atomic E-state index is 0.845. The van der Waals surface area contributed by atoms with Crippen LogP contribution in [-0.4, -0.2) is 4.57 Å². The lowest BCUT2D eigenvalue weighted by atomic mass is 10.0. The molecule has 0 spiro atoms. The van der Waals surface area contributed by atoms with E-state index in [1.165, 1.54) is 60.8 Å². The molecule has 38 heavy (non-hydrogen) atoms. The number of hydrogen-bond donors (Lipinski definition) is 0. The summed E-state index contributed by atoms with van der Waals surface area (Å²) in [7, 11) is 0. The monoisotopic (exact) mass is 489 g/mol. The van der Waals surface area contributed by atoms with Crippen molar-refractivity contribution in [1.82, 2.24) is 4.57 Å². The van der Waals surface area contributed by atoms with Crippen molar-refractivity contribution in [3.05, 3.63) is 154 Å². The molecule has 0 aliphatic carbocycles. The van der Waals surface area contributed by atoms with Crippen molar-refractivity contribution in [2.24, 2.45) is 0 Å². The summed E-state index contributed by atoms with van der Waals surface area (Å²) in [6.45, 7) is 5.09. The molecule has 0 atom stereocenters. The van der Waals surface area contributed by atoms with Crippen LogP contribution >= 0.6 is 0 Å². The molecular formula is C37H31N. The average molecular weight is 490 g/mol. The Morgan fingerprint density at radius 1 is 0.474 bits per heavy atom. The highest BCUT2D eigenvalue weighted by Crippen LogP contribution is 2.32. The predicted molar refractivity (Wildman–Crippen MR) is 165 cm³/mol. The number of benzene rings is 5. The van der Waals surface area contributed by atoms with Crippen LogP contribution in [0.15, 0.2) is 115 Å². The fourth-order valence-corrected chi connectivity index (χ4v) is 5.02. The lowest BCUT2D eigenvalue weighted by Gasteiger charge is -2.08. The van der Waals surface area contributed by atoms with Gasteiger partial charge in [-0.05, 0) is 65.9 Å². The number of aryl methyl sites for hydroxylation is 2. The molecule has 0 unspecified atom stereocenters. The Morgan fingerprint density at radius 2 is 0.895 bits per heavy atom. The van der Waals surface area contributed by atoms with Crippen LogP contribution in [0.5, 0.6) is 0 Å². The van der Waals surface area contributed by atoms with Gasteiger partial charge in [0.05, 0.1) is 0 Å². The molecule has 0 aliphatic rings. The quantitative estimate of drug-likeness (QED) is 0.205. The largest absolute Gasteiger partial charge is 0.336 e. The van der Waals surface area contributed by atoms with E-state index in [1.807, 2.05) is 0 Å². The second-order valence-electron chi connectivity index (χ2n) is 10.1. The molecule has 1 heteroatoms. The van der Waals surface area contributed by atoms with Gasteiger partial charge < -0.3 is 4.57 Å². The Kier molecular flexibility index (Phi) is 6.50. The summed E-state index contributed by atoms with van der Waals surface area (Å²) in [5, 5.41) is 2.57. The fourth-order valence-electron chi connectivity index (χ4n) is 5.02. The smallest absolute Gasteiger partial charge is 0.0494 e. The maximum Gasteiger partial charge on any atom is 0.0494 e. The molecule has 0 saturated heterocycles. The first-order chi connectivity index (χ1) is 18.6. The van der Waals surface area contributed by atoms with Gasteiger partial charge >= 0.3 is 0 Å². The zero-order valence-corrected chi connectivity index (χ0v) is 21.9. The first-order valence-electron chi connectivity index (χ1n) is 13.2. The predicted octanol–water partition coefficient (Wildman–Crippen LogP) is 9.80. The van der Waals surface area contributed by atoms with E-state index >= 15 is 0 Å². The molecule has 5 aromatic carbocycles. The Labute approximate surface area is 225 Å². The minimum Gasteiger partial charge on any atom is -0.336 e. The van der Waals surface area contributed by atoms with Gasteiger partial charge in [0, 0.05) is 28.4 Å². The highest BCUT2D eigenvalue weighted by molar-refractivity contribution is 6.09. The van der Waals surface area contributed by atoms with E-state index in [1.54, 1.807) is 0 Å². The fraction of sp³-hybridized carbons (Fsp3) is 0.0811. The van der Waals surface area contributed by atoms with Crippen molar-refractivity contribution in [2.75, 3.05) is 0 Å². The van der Waals surface area contributed by atoms with Crippen LogP contribution in [0.3, 0.4) is 0 Å². The third-order valence-corrected chi connectivity index (χ3v) is 7.19. The normalized spacial score (nSPS) is 11.8. The van der Waals surface area contributed by atoms with Crippen LogP contribution in [0.1, 0.15) is 38.9 Å². The Morgan fingerprint density at radius 3 is 1.37 bits per heavy atom. The van der Waals surface area contributed by atoms with E-state index in [0.29, 0.717) is 0 Å². The molecular weight excluding hydrogens is 458 g/mol. The molecule has 1 aromatic heterocycles. The molecule has 6 rings (SSSR count). The summed E-state index contributed by atoms with van der Waals surface area (Å²) in [6.07, 6.45) is 8.82. The van der Waals surface area contributed by atoms with Gasteiger partial charge in [0.15, 0.2) is 0 Å². The SMILES string of the molecule is Cc1ccc(/C=C/c2ccc3c(c2)c2cc(/C=C/c4ccc(C)cc4)ccc2n3Cc2ccccc2)cc1. The highest BCUT2D eigenvalue weighted by Gasteiger charge is 2.12. The third-order valence-electron chi connectivity index (χ3n) is 7.19. The molecule has 0 N–H and O–H groups in total. The molecule has 0 fully saturated rings. The topological polar surface area (TPSA) is 4.93 Å². The molecule has 0 amide bonds. The molecule has 0 saturated carbocycles. The van der Waals surface area contributed by atoms with Gasteiger partial charge in [-0.3, -0.25) is 0 Å². The second-order valence-corrected chi connectivity index (χ2v) is 10.1. The maximum absolute atomic E-state index is 2.45. The summed E-state index contributed by atoms with van der Waals surface area (Å²) in [6, 6.07) is 41.7. The van der Waals surface area contributed by atoms with Gasteiger partial charge in [0.2, 0.25) is 0 Å². The van der Waals surface area contributed by atoms with Gasteiger partial charge in [-0.2, -0.15) is 0 Å². The number of fused-ring (bicyclic) bond motifs is 3. The maximum atomic E-state index is 2.45. The summed E-state index contributed by atoms with van der Waals surface area (Å²) in [4.78, 5) is 0. The summed E-state index contributed by atoms with van der Waals surface area (Å²) in [5.74, 6) is 0. The summed E-state index contributed by atoms with van der Waals surface area (Å²) >= 11 is 0. The van der Waals surface area contributed by atoms with Crippen molar-refractivity contribution in [2.45, 2.75) is 20.4 Å². The number of aromatic nitrogens is 1. The van der Waals surface area contributed by atoms with Crippen LogP contribution in [0.25, 0.3) is 46.1 Å². The van der Waals surface area contributed by atoms with Crippen molar-refractivity contribution in [3.63, 3.8) is 0 Å². The van der Waals surface area contributed by atoms with E-state index < -0.39 is 0 Å². The van der Waals surface area contributed by atoms with Crippen LogP contribution in [0.4, 0.5) is 0 Å². The molecule has 0 bridgehead atoms. The van der Waals surface area contributed by atoms with E-state index in [-0.39, 0.29) is 0 Å². The van der Waals surface area contributed by atoms with Gasteiger partial charge in [-0.25, -0.2) is 0 Å². The van der Waals surface area contributed by atoms with Crippen molar-refractivity contribution >= 4 is 46.1 Å². The lowest BCUT2D eigenvalue weighted by molar-refractivity contribution is 0.869. The van der Waals surface area contributed by atoms with Gasteiger partial charge in [0.1, 0.15) is 0 Å².